The Bertz CT molecular complexity index is 370. The van der Waals surface area contributed by atoms with Crippen LogP contribution in [0.3, 0.4) is 0 Å². The molecule has 1 aromatic rings. The fourth-order valence-electron chi connectivity index (χ4n) is 2.76. The first-order valence-electron chi connectivity index (χ1n) is 8.41. The molecule has 0 bridgehead atoms. The highest BCUT2D eigenvalue weighted by Gasteiger charge is 2.32. The van der Waals surface area contributed by atoms with Gasteiger partial charge >= 0.3 is 0 Å². The summed E-state index contributed by atoms with van der Waals surface area (Å²) in [6.45, 7) is 9.03. The number of aryl methyl sites for hydroxylation is 2. The number of rotatable bonds is 9. The minimum atomic E-state index is -1.79. The van der Waals surface area contributed by atoms with E-state index >= 15 is 0 Å². The van der Waals surface area contributed by atoms with Gasteiger partial charge in [-0.25, -0.2) is 0 Å². The smallest absolute Gasteiger partial charge is 0.161 e. The summed E-state index contributed by atoms with van der Waals surface area (Å²) < 4.78 is 0. The summed E-state index contributed by atoms with van der Waals surface area (Å²) in [5.74, 6) is 0. The second-order valence-corrected chi connectivity index (χ2v) is 11.6. The normalized spacial score (nSPS) is 11.8. The average molecular weight is 311 g/mol. The van der Waals surface area contributed by atoms with Crippen molar-refractivity contribution in [2.24, 2.45) is 0 Å². The van der Waals surface area contributed by atoms with E-state index in [1.165, 1.54) is 54.1 Å². The van der Waals surface area contributed by atoms with Crippen molar-refractivity contribution in [2.75, 3.05) is 0 Å². The fraction of sp³-hybridized carbons (Fsp3) is 0.667. The molecule has 1 aromatic carbocycles. The van der Waals surface area contributed by atoms with Crippen LogP contribution in [0.5, 0.6) is 0 Å². The Labute approximate surface area is 131 Å². The van der Waals surface area contributed by atoms with Gasteiger partial charge in [-0.3, -0.25) is 0 Å². The number of hydrogen-bond acceptors (Lipinski definition) is 0. The Morgan fingerprint density at radius 2 is 1.25 bits per heavy atom. The molecule has 0 amide bonds. The lowest BCUT2D eigenvalue weighted by molar-refractivity contribution is 0.841. The summed E-state index contributed by atoms with van der Waals surface area (Å²) in [4.78, 5) is 0. The molecular weight excluding hydrogens is 280 g/mol. The van der Waals surface area contributed by atoms with Crippen LogP contribution in [-0.2, 0) is 12.8 Å². The van der Waals surface area contributed by atoms with Crippen LogP contribution < -0.4 is 5.19 Å². The van der Waals surface area contributed by atoms with Crippen molar-refractivity contribution in [3.8, 4) is 0 Å². The van der Waals surface area contributed by atoms with Gasteiger partial charge in [-0.15, -0.1) is 0 Å². The van der Waals surface area contributed by atoms with Gasteiger partial charge < -0.3 is 0 Å². The van der Waals surface area contributed by atoms with Gasteiger partial charge in [0.15, 0.2) is 7.38 Å². The van der Waals surface area contributed by atoms with E-state index < -0.39 is 7.38 Å². The van der Waals surface area contributed by atoms with E-state index in [1.54, 1.807) is 0 Å². The highest BCUT2D eigenvalue weighted by Crippen LogP contribution is 2.27. The average Bonchev–Trinajstić information content (AvgIpc) is 2.50. The number of halogens is 1. The van der Waals surface area contributed by atoms with E-state index in [0.717, 1.165) is 12.8 Å². The van der Waals surface area contributed by atoms with E-state index in [2.05, 4.69) is 45.9 Å². The van der Waals surface area contributed by atoms with Crippen LogP contribution in [0.1, 0.15) is 64.5 Å². The van der Waals surface area contributed by atoms with Crippen molar-refractivity contribution < 1.29 is 0 Å². The van der Waals surface area contributed by atoms with Gasteiger partial charge in [-0.1, -0.05) is 71.6 Å². The Balaban J connectivity index is 3.10. The first-order chi connectivity index (χ1) is 9.59. The van der Waals surface area contributed by atoms with E-state index in [9.17, 15) is 0 Å². The van der Waals surface area contributed by atoms with Crippen LogP contribution in [0.15, 0.2) is 18.2 Å². The molecule has 0 saturated carbocycles. The molecule has 0 unspecified atom stereocenters. The van der Waals surface area contributed by atoms with Gasteiger partial charge in [0.05, 0.1) is 0 Å². The van der Waals surface area contributed by atoms with E-state index in [-0.39, 0.29) is 0 Å². The number of hydrogen-bond donors (Lipinski definition) is 0. The third kappa shape index (κ3) is 4.93. The van der Waals surface area contributed by atoms with Crippen molar-refractivity contribution in [1.82, 2.24) is 0 Å². The molecule has 0 spiro atoms. The molecule has 20 heavy (non-hydrogen) atoms. The predicted molar refractivity (Wildman–Crippen MR) is 95.9 cm³/mol. The lowest BCUT2D eigenvalue weighted by Gasteiger charge is -2.26. The third-order valence-electron chi connectivity index (χ3n) is 4.24. The summed E-state index contributed by atoms with van der Waals surface area (Å²) in [5.41, 5.74) is 2.93. The second-order valence-electron chi connectivity index (χ2n) is 5.92. The first-order valence-corrected chi connectivity index (χ1v) is 11.8. The van der Waals surface area contributed by atoms with Gasteiger partial charge in [0.25, 0.3) is 0 Å². The molecule has 0 fully saturated rings. The minimum Gasteiger partial charge on any atom is -0.161 e. The lowest BCUT2D eigenvalue weighted by atomic mass is 10.1. The van der Waals surface area contributed by atoms with E-state index in [4.69, 9.17) is 11.1 Å². The molecule has 0 heterocycles. The monoisotopic (exact) mass is 310 g/mol. The van der Waals surface area contributed by atoms with Gasteiger partial charge in [-0.2, -0.15) is 11.1 Å². The molecule has 0 aliphatic rings. The highest BCUT2D eigenvalue weighted by atomic mass is 35.6. The van der Waals surface area contributed by atoms with E-state index in [1.807, 2.05) is 0 Å². The summed E-state index contributed by atoms with van der Waals surface area (Å²) >= 11 is 7.22. The summed E-state index contributed by atoms with van der Waals surface area (Å²) in [6, 6.07) is 9.64. The van der Waals surface area contributed by atoms with Gasteiger partial charge in [0.2, 0.25) is 0 Å². The molecule has 2 heteroatoms. The van der Waals surface area contributed by atoms with Crippen LogP contribution in [0, 0.1) is 0 Å². The molecule has 114 valence electrons. The highest BCUT2D eigenvalue weighted by molar-refractivity contribution is 7.27. The quantitative estimate of drug-likeness (QED) is 0.399. The van der Waals surface area contributed by atoms with Crippen molar-refractivity contribution in [3.05, 3.63) is 29.3 Å². The van der Waals surface area contributed by atoms with Crippen LogP contribution >= 0.6 is 11.1 Å². The second kappa shape index (κ2) is 8.89. The third-order valence-corrected chi connectivity index (χ3v) is 9.64. The van der Waals surface area contributed by atoms with Crippen molar-refractivity contribution in [2.45, 2.75) is 78.3 Å². The lowest BCUT2D eigenvalue weighted by Crippen LogP contribution is -2.42. The molecule has 0 aromatic heterocycles. The van der Waals surface area contributed by atoms with Crippen molar-refractivity contribution in [1.29, 1.82) is 0 Å². The van der Waals surface area contributed by atoms with Crippen molar-refractivity contribution >= 4 is 23.6 Å². The van der Waals surface area contributed by atoms with Crippen LogP contribution in [0.25, 0.3) is 0 Å². The number of benzene rings is 1. The van der Waals surface area contributed by atoms with Crippen LogP contribution in [-0.4, -0.2) is 7.38 Å². The van der Waals surface area contributed by atoms with E-state index in [0.29, 0.717) is 0 Å². The zero-order valence-corrected chi connectivity index (χ0v) is 15.5. The Morgan fingerprint density at radius 3 is 1.60 bits per heavy atom. The fourth-order valence-corrected chi connectivity index (χ4v) is 7.43. The van der Waals surface area contributed by atoms with Crippen LogP contribution in [0.4, 0.5) is 0 Å². The Kier molecular flexibility index (Phi) is 7.90. The van der Waals surface area contributed by atoms with Crippen LogP contribution in [0.2, 0.25) is 12.1 Å². The Hall–Kier alpha value is -0.273. The molecule has 1 rings (SSSR count). The predicted octanol–water partition coefficient (Wildman–Crippen LogP) is 5.80. The Morgan fingerprint density at radius 1 is 0.800 bits per heavy atom. The first kappa shape index (κ1) is 17.8. The summed E-state index contributed by atoms with van der Waals surface area (Å²) in [7, 11) is -1.79. The maximum atomic E-state index is 7.22. The zero-order chi connectivity index (χ0) is 15.0. The summed E-state index contributed by atoms with van der Waals surface area (Å²) in [5, 5.41) is 1.50. The molecule has 0 aliphatic carbocycles. The van der Waals surface area contributed by atoms with Gasteiger partial charge in [-0.05, 0) is 41.2 Å². The topological polar surface area (TPSA) is 0 Å². The standard InChI is InChI=1S/C18H31ClSi/c1-5-9-11-20(19,12-10-6-2)18-14-16(7-3)13-17(8-4)15-18/h13-15H,5-12H2,1-4H3. The number of unbranched alkanes of at least 4 members (excludes halogenated alkanes) is 2. The summed E-state index contributed by atoms with van der Waals surface area (Å²) in [6.07, 6.45) is 7.28. The van der Waals surface area contributed by atoms with Crippen molar-refractivity contribution in [3.63, 3.8) is 0 Å². The maximum Gasteiger partial charge on any atom is 0.186 e. The molecule has 0 saturated heterocycles. The molecule has 0 radical (unpaired) electrons. The zero-order valence-electron chi connectivity index (χ0n) is 13.8. The molecule has 0 N–H and O–H groups in total. The molecular formula is C18H31ClSi. The molecule has 0 atom stereocenters. The maximum absolute atomic E-state index is 7.22. The minimum absolute atomic E-state index is 1.11. The van der Waals surface area contributed by atoms with Gasteiger partial charge in [0, 0.05) is 0 Å². The SMILES string of the molecule is CCCC[Si](Cl)(CCCC)c1cc(CC)cc(CC)c1. The molecule has 0 nitrogen and oxygen atoms in total. The largest absolute Gasteiger partial charge is 0.186 e. The van der Waals surface area contributed by atoms with Gasteiger partial charge in [0.1, 0.15) is 0 Å². The molecule has 0 aliphatic heterocycles.